The van der Waals surface area contributed by atoms with Crippen LogP contribution in [0.4, 0.5) is 0 Å². The Morgan fingerprint density at radius 3 is 2.83 bits per heavy atom. The number of ether oxygens (including phenoxy) is 2. The van der Waals surface area contributed by atoms with Crippen LogP contribution in [0.3, 0.4) is 0 Å². The van der Waals surface area contributed by atoms with Crippen molar-refractivity contribution < 1.29 is 24.2 Å². The number of aliphatic carboxylic acids is 1. The Balaban J connectivity index is 2.04. The van der Waals surface area contributed by atoms with E-state index in [9.17, 15) is 14.7 Å². The number of carbonyl (C=O) groups is 2. The highest BCUT2D eigenvalue weighted by molar-refractivity contribution is 5.85. The number of benzene rings is 1. The molecule has 1 aromatic carbocycles. The molecule has 0 radical (unpaired) electrons. The molecule has 1 aliphatic rings. The van der Waals surface area contributed by atoms with Gasteiger partial charge in [-0.25, -0.2) is 4.79 Å². The molecule has 0 aromatic heterocycles. The number of carboxylic acid groups (broad SMARTS) is 1. The highest BCUT2D eigenvalue weighted by Crippen LogP contribution is 2.33. The molecule has 1 aromatic rings. The molecule has 3 unspecified atom stereocenters. The summed E-state index contributed by atoms with van der Waals surface area (Å²) in [5, 5.41) is 11.8. The van der Waals surface area contributed by atoms with E-state index in [1.807, 2.05) is 30.3 Å². The summed E-state index contributed by atoms with van der Waals surface area (Å²) in [4.78, 5) is 23.9. The van der Waals surface area contributed by atoms with Crippen LogP contribution in [0.25, 0.3) is 0 Å². The second kappa shape index (κ2) is 9.20. The summed E-state index contributed by atoms with van der Waals surface area (Å²) >= 11 is 0. The third-order valence-corrected chi connectivity index (χ3v) is 3.92. The van der Waals surface area contributed by atoms with Crippen LogP contribution in [0.2, 0.25) is 0 Å². The lowest BCUT2D eigenvalue weighted by Gasteiger charge is -2.32. The van der Waals surface area contributed by atoms with E-state index in [1.54, 1.807) is 0 Å². The molecule has 1 heterocycles. The van der Waals surface area contributed by atoms with Crippen LogP contribution < -0.4 is 5.32 Å². The molecule has 0 spiro atoms. The molecule has 0 bridgehead atoms. The van der Waals surface area contributed by atoms with Crippen molar-refractivity contribution in [2.75, 3.05) is 19.8 Å². The molecule has 6 heteroatoms. The van der Waals surface area contributed by atoms with E-state index in [1.165, 1.54) is 6.08 Å². The zero-order valence-electron chi connectivity index (χ0n) is 13.5. The predicted molar refractivity (Wildman–Crippen MR) is 88.4 cm³/mol. The summed E-state index contributed by atoms with van der Waals surface area (Å²) in [5.74, 6) is -1.86. The normalized spacial score (nSPS) is 21.7. The Labute approximate surface area is 141 Å². The van der Waals surface area contributed by atoms with Crippen LogP contribution in [0, 0.1) is 5.92 Å². The zero-order valence-corrected chi connectivity index (χ0v) is 13.5. The lowest BCUT2D eigenvalue weighted by molar-refractivity contribution is -0.146. The summed E-state index contributed by atoms with van der Waals surface area (Å²) in [6, 6.07) is 8.43. The summed E-state index contributed by atoms with van der Waals surface area (Å²) in [5.41, 5.74) is 0.923. The first kappa shape index (κ1) is 18.2. The number of rotatable bonds is 8. The molecule has 24 heavy (non-hydrogen) atoms. The van der Waals surface area contributed by atoms with Crippen molar-refractivity contribution in [2.24, 2.45) is 5.92 Å². The number of carboxylic acids is 1. The third-order valence-electron chi connectivity index (χ3n) is 3.92. The standard InChI is InChI=1S/C18H23NO5/c1-2-10-23-12-15(18(21)22)19-17(20)14-9-6-11-24-16(14)13-7-4-3-5-8-13/h2-5,7-8,14-16H,1,6,9-12H2,(H,19,20)(H,21,22). The summed E-state index contributed by atoms with van der Waals surface area (Å²) in [6.07, 6.45) is 2.60. The molecule has 130 valence electrons. The highest BCUT2D eigenvalue weighted by Gasteiger charge is 2.35. The molecule has 2 rings (SSSR count). The van der Waals surface area contributed by atoms with E-state index in [0.29, 0.717) is 13.0 Å². The zero-order chi connectivity index (χ0) is 17.4. The maximum Gasteiger partial charge on any atom is 0.328 e. The molecule has 1 aliphatic heterocycles. The lowest BCUT2D eigenvalue weighted by atomic mass is 9.88. The molecule has 3 atom stereocenters. The molecule has 0 saturated carbocycles. The maximum atomic E-state index is 12.6. The van der Waals surface area contributed by atoms with E-state index < -0.39 is 17.9 Å². The number of amides is 1. The van der Waals surface area contributed by atoms with Gasteiger partial charge in [0.1, 0.15) is 0 Å². The van der Waals surface area contributed by atoms with E-state index in [-0.39, 0.29) is 25.2 Å². The number of carbonyl (C=O) groups excluding carboxylic acids is 1. The van der Waals surface area contributed by atoms with Gasteiger partial charge in [-0.1, -0.05) is 36.4 Å². The largest absolute Gasteiger partial charge is 0.480 e. The van der Waals surface area contributed by atoms with Gasteiger partial charge in [-0.05, 0) is 18.4 Å². The number of hydrogen-bond acceptors (Lipinski definition) is 4. The van der Waals surface area contributed by atoms with Gasteiger partial charge in [0.15, 0.2) is 6.04 Å². The van der Waals surface area contributed by atoms with Crippen molar-refractivity contribution >= 4 is 11.9 Å². The van der Waals surface area contributed by atoms with Gasteiger partial charge in [-0.15, -0.1) is 6.58 Å². The molecule has 0 aliphatic carbocycles. The number of nitrogens with one attached hydrogen (secondary N) is 1. The van der Waals surface area contributed by atoms with Gasteiger partial charge in [0, 0.05) is 6.61 Å². The molecule has 6 nitrogen and oxygen atoms in total. The van der Waals surface area contributed by atoms with Gasteiger partial charge in [0.05, 0.1) is 25.2 Å². The lowest BCUT2D eigenvalue weighted by Crippen LogP contribution is -2.48. The van der Waals surface area contributed by atoms with Crippen LogP contribution in [0.5, 0.6) is 0 Å². The van der Waals surface area contributed by atoms with Crippen molar-refractivity contribution in [3.63, 3.8) is 0 Å². The van der Waals surface area contributed by atoms with Crippen LogP contribution in [-0.2, 0) is 19.1 Å². The van der Waals surface area contributed by atoms with Crippen molar-refractivity contribution in [1.82, 2.24) is 5.32 Å². The minimum Gasteiger partial charge on any atom is -0.480 e. The molecule has 1 fully saturated rings. The molecule has 1 amide bonds. The Bertz CT molecular complexity index is 560. The summed E-state index contributed by atoms with van der Waals surface area (Å²) < 4.78 is 10.9. The van der Waals surface area contributed by atoms with Crippen molar-refractivity contribution in [2.45, 2.75) is 25.0 Å². The second-order valence-corrected chi connectivity index (χ2v) is 5.68. The Morgan fingerprint density at radius 1 is 1.42 bits per heavy atom. The average molecular weight is 333 g/mol. The fourth-order valence-corrected chi connectivity index (χ4v) is 2.74. The average Bonchev–Trinajstić information content (AvgIpc) is 2.61. The van der Waals surface area contributed by atoms with Crippen molar-refractivity contribution in [3.05, 3.63) is 48.6 Å². The monoisotopic (exact) mass is 333 g/mol. The fourth-order valence-electron chi connectivity index (χ4n) is 2.74. The minimum atomic E-state index is -1.12. The van der Waals surface area contributed by atoms with Crippen LogP contribution in [0.15, 0.2) is 43.0 Å². The van der Waals surface area contributed by atoms with Gasteiger partial charge >= 0.3 is 5.97 Å². The van der Waals surface area contributed by atoms with Crippen LogP contribution in [0.1, 0.15) is 24.5 Å². The SMILES string of the molecule is C=CCOCC(NC(=O)C1CCCOC1c1ccccc1)C(=O)O. The van der Waals surface area contributed by atoms with E-state index in [4.69, 9.17) is 9.47 Å². The summed E-state index contributed by atoms with van der Waals surface area (Å²) in [6.45, 7) is 4.23. The van der Waals surface area contributed by atoms with Gasteiger partial charge in [-0.3, -0.25) is 4.79 Å². The first-order valence-corrected chi connectivity index (χ1v) is 8.02. The van der Waals surface area contributed by atoms with Crippen LogP contribution in [-0.4, -0.2) is 42.8 Å². The van der Waals surface area contributed by atoms with Gasteiger partial charge in [0.25, 0.3) is 0 Å². The quantitative estimate of drug-likeness (QED) is 0.561. The first-order chi connectivity index (χ1) is 11.6. The van der Waals surface area contributed by atoms with Crippen LogP contribution >= 0.6 is 0 Å². The van der Waals surface area contributed by atoms with E-state index in [0.717, 1.165) is 12.0 Å². The Hall–Kier alpha value is -2.18. The summed E-state index contributed by atoms with van der Waals surface area (Å²) in [7, 11) is 0. The molecule has 2 N–H and O–H groups in total. The van der Waals surface area contributed by atoms with E-state index >= 15 is 0 Å². The van der Waals surface area contributed by atoms with Gasteiger partial charge in [0.2, 0.25) is 5.91 Å². The third kappa shape index (κ3) is 4.91. The predicted octanol–water partition coefficient (Wildman–Crippen LogP) is 1.93. The topological polar surface area (TPSA) is 84.9 Å². The maximum absolute atomic E-state index is 12.6. The van der Waals surface area contributed by atoms with Crippen molar-refractivity contribution in [1.29, 1.82) is 0 Å². The number of hydrogen-bond donors (Lipinski definition) is 2. The molecular weight excluding hydrogens is 310 g/mol. The minimum absolute atomic E-state index is 0.101. The fraction of sp³-hybridized carbons (Fsp3) is 0.444. The smallest absolute Gasteiger partial charge is 0.328 e. The molecule has 1 saturated heterocycles. The van der Waals surface area contributed by atoms with Gasteiger partial charge in [-0.2, -0.15) is 0 Å². The second-order valence-electron chi connectivity index (χ2n) is 5.68. The highest BCUT2D eigenvalue weighted by atomic mass is 16.5. The Morgan fingerprint density at radius 2 is 2.17 bits per heavy atom. The van der Waals surface area contributed by atoms with E-state index in [2.05, 4.69) is 11.9 Å². The first-order valence-electron chi connectivity index (χ1n) is 8.02. The van der Waals surface area contributed by atoms with Gasteiger partial charge < -0.3 is 19.9 Å². The van der Waals surface area contributed by atoms with Crippen molar-refractivity contribution in [3.8, 4) is 0 Å². The Kier molecular flexibility index (Phi) is 6.96. The molecular formula is C18H23NO5.